The molecule has 3 aromatic rings. The van der Waals surface area contributed by atoms with Crippen LogP contribution < -0.4 is 4.90 Å². The van der Waals surface area contributed by atoms with Crippen molar-refractivity contribution in [2.75, 3.05) is 18.0 Å². The van der Waals surface area contributed by atoms with Gasteiger partial charge >= 0.3 is 0 Å². The molecule has 1 aliphatic rings. The van der Waals surface area contributed by atoms with E-state index in [1.54, 1.807) is 0 Å². The Morgan fingerprint density at radius 3 is 1.80 bits per heavy atom. The molecule has 0 N–H and O–H groups in total. The monoisotopic (exact) mass is 369 g/mol. The van der Waals surface area contributed by atoms with Gasteiger partial charge in [-0.2, -0.15) is 0 Å². The maximum Gasteiger partial charge on any atom is 0.147 e. The highest BCUT2D eigenvalue weighted by Gasteiger charge is 2.18. The topological polar surface area (TPSA) is 29.0 Å². The summed E-state index contributed by atoms with van der Waals surface area (Å²) >= 11 is 12.1. The van der Waals surface area contributed by atoms with Gasteiger partial charge in [0.15, 0.2) is 0 Å². The lowest BCUT2D eigenvalue weighted by Gasteiger charge is -2.18. The van der Waals surface area contributed by atoms with Crippen LogP contribution in [0.3, 0.4) is 0 Å². The Labute approximate surface area is 157 Å². The summed E-state index contributed by atoms with van der Waals surface area (Å²) in [5.41, 5.74) is 3.71. The lowest BCUT2D eigenvalue weighted by Crippen LogP contribution is -2.19. The summed E-state index contributed by atoms with van der Waals surface area (Å²) in [7, 11) is 0. The summed E-state index contributed by atoms with van der Waals surface area (Å²) in [4.78, 5) is 12.0. The Bertz CT molecular complexity index is 870. The first-order chi connectivity index (χ1) is 12.2. The van der Waals surface area contributed by atoms with Crippen LogP contribution in [-0.2, 0) is 0 Å². The quantitative estimate of drug-likeness (QED) is 0.591. The fraction of sp³-hybridized carbons (Fsp3) is 0.200. The number of hydrogen-bond donors (Lipinski definition) is 0. The number of rotatable bonds is 3. The smallest absolute Gasteiger partial charge is 0.147 e. The Hall–Kier alpha value is -2.10. The largest absolute Gasteiger partial charge is 0.355 e. The van der Waals surface area contributed by atoms with Gasteiger partial charge in [-0.05, 0) is 37.1 Å². The van der Waals surface area contributed by atoms with E-state index in [4.69, 9.17) is 33.2 Å². The Morgan fingerprint density at radius 1 is 0.720 bits per heavy atom. The zero-order chi connectivity index (χ0) is 17.2. The number of hydrogen-bond acceptors (Lipinski definition) is 3. The molecule has 1 saturated heterocycles. The first-order valence-electron chi connectivity index (χ1n) is 8.34. The minimum absolute atomic E-state index is 0.707. The van der Waals surface area contributed by atoms with Crippen molar-refractivity contribution in [2.45, 2.75) is 12.8 Å². The molecule has 1 aromatic heterocycles. The van der Waals surface area contributed by atoms with Crippen molar-refractivity contribution in [2.24, 2.45) is 0 Å². The molecule has 3 nitrogen and oxygen atoms in total. The molecule has 0 bridgehead atoms. The van der Waals surface area contributed by atoms with Crippen LogP contribution >= 0.6 is 23.2 Å². The average Bonchev–Trinajstić information content (AvgIpc) is 3.17. The predicted molar refractivity (Wildman–Crippen MR) is 104 cm³/mol. The lowest BCUT2D eigenvalue weighted by molar-refractivity contribution is 0.929. The van der Waals surface area contributed by atoms with E-state index in [0.29, 0.717) is 10.0 Å². The van der Waals surface area contributed by atoms with Gasteiger partial charge in [0.1, 0.15) is 5.82 Å². The minimum atomic E-state index is 0.707. The normalized spacial score (nSPS) is 14.1. The molecule has 2 aromatic carbocycles. The molecule has 5 heteroatoms. The third-order valence-electron chi connectivity index (χ3n) is 4.43. The zero-order valence-corrected chi connectivity index (χ0v) is 15.1. The minimum Gasteiger partial charge on any atom is -0.355 e. The van der Waals surface area contributed by atoms with E-state index >= 15 is 0 Å². The van der Waals surface area contributed by atoms with Gasteiger partial charge in [0.05, 0.1) is 17.6 Å². The van der Waals surface area contributed by atoms with Gasteiger partial charge in [0, 0.05) is 34.3 Å². The molecule has 2 heterocycles. The van der Waals surface area contributed by atoms with Crippen molar-refractivity contribution in [3.63, 3.8) is 0 Å². The molecule has 0 aliphatic carbocycles. The van der Waals surface area contributed by atoms with Crippen molar-refractivity contribution in [1.82, 2.24) is 9.97 Å². The maximum absolute atomic E-state index is 6.05. The highest BCUT2D eigenvalue weighted by molar-refractivity contribution is 6.31. The zero-order valence-electron chi connectivity index (χ0n) is 13.6. The van der Waals surface area contributed by atoms with Gasteiger partial charge in [-0.15, -0.1) is 0 Å². The molecular formula is C20H17Cl2N3. The summed E-state index contributed by atoms with van der Waals surface area (Å²) in [6, 6.07) is 15.4. The van der Waals surface area contributed by atoms with E-state index in [9.17, 15) is 0 Å². The number of nitrogens with zero attached hydrogens (tertiary/aromatic N) is 3. The maximum atomic E-state index is 6.05. The van der Waals surface area contributed by atoms with E-state index in [1.165, 1.54) is 12.8 Å². The van der Waals surface area contributed by atoms with Crippen LogP contribution in [0, 0.1) is 0 Å². The van der Waals surface area contributed by atoms with E-state index < -0.39 is 0 Å². The highest BCUT2D eigenvalue weighted by atomic mass is 35.5. The second-order valence-corrected chi connectivity index (χ2v) is 7.01. The summed E-state index contributed by atoms with van der Waals surface area (Å²) in [6.07, 6.45) is 4.28. The summed E-state index contributed by atoms with van der Waals surface area (Å²) in [5, 5.41) is 1.42. The molecule has 0 spiro atoms. The second kappa shape index (κ2) is 7.03. The molecule has 0 atom stereocenters. The first kappa shape index (κ1) is 16.4. The van der Waals surface area contributed by atoms with Crippen molar-refractivity contribution in [1.29, 1.82) is 0 Å². The number of halogens is 2. The third kappa shape index (κ3) is 3.48. The average molecular weight is 370 g/mol. The molecular weight excluding hydrogens is 353 g/mol. The molecule has 1 aliphatic heterocycles. The Kier molecular flexibility index (Phi) is 4.60. The van der Waals surface area contributed by atoms with E-state index in [0.717, 1.165) is 41.4 Å². The van der Waals surface area contributed by atoms with Gasteiger partial charge in [-0.3, -0.25) is 4.98 Å². The molecule has 126 valence electrons. The van der Waals surface area contributed by atoms with Crippen LogP contribution in [0.5, 0.6) is 0 Å². The standard InChI is InChI=1S/C20H17Cl2N3/c21-16-7-3-14(4-8-16)19-20(15-5-9-17(22)10-6-15)24-18(13-23-19)25-11-1-2-12-25/h3-10,13H,1-2,11-12H2. The second-order valence-electron chi connectivity index (χ2n) is 6.13. The van der Waals surface area contributed by atoms with Crippen molar-refractivity contribution in [3.8, 4) is 22.5 Å². The van der Waals surface area contributed by atoms with Crippen LogP contribution in [0.1, 0.15) is 12.8 Å². The first-order valence-corrected chi connectivity index (χ1v) is 9.10. The van der Waals surface area contributed by atoms with Gasteiger partial charge < -0.3 is 4.90 Å². The third-order valence-corrected chi connectivity index (χ3v) is 4.93. The van der Waals surface area contributed by atoms with Crippen LogP contribution in [-0.4, -0.2) is 23.1 Å². The van der Waals surface area contributed by atoms with Crippen LogP contribution in [0.2, 0.25) is 10.0 Å². The van der Waals surface area contributed by atoms with Crippen LogP contribution in [0.15, 0.2) is 54.7 Å². The van der Waals surface area contributed by atoms with E-state index in [1.807, 2.05) is 54.7 Å². The van der Waals surface area contributed by atoms with Crippen molar-refractivity contribution >= 4 is 29.0 Å². The summed E-state index contributed by atoms with van der Waals surface area (Å²) < 4.78 is 0. The van der Waals surface area contributed by atoms with Gasteiger partial charge in [-0.25, -0.2) is 4.98 Å². The molecule has 25 heavy (non-hydrogen) atoms. The van der Waals surface area contributed by atoms with Crippen molar-refractivity contribution in [3.05, 3.63) is 64.8 Å². The molecule has 4 rings (SSSR count). The van der Waals surface area contributed by atoms with Crippen LogP contribution in [0.25, 0.3) is 22.5 Å². The molecule has 0 amide bonds. The number of anilines is 1. The van der Waals surface area contributed by atoms with Crippen molar-refractivity contribution < 1.29 is 0 Å². The molecule has 0 radical (unpaired) electrons. The number of aromatic nitrogens is 2. The predicted octanol–water partition coefficient (Wildman–Crippen LogP) is 5.72. The Balaban J connectivity index is 1.84. The van der Waals surface area contributed by atoms with Crippen LogP contribution in [0.4, 0.5) is 5.82 Å². The number of benzene rings is 2. The molecule has 0 unspecified atom stereocenters. The highest BCUT2D eigenvalue weighted by Crippen LogP contribution is 2.32. The lowest BCUT2D eigenvalue weighted by atomic mass is 10.0. The summed E-state index contributed by atoms with van der Waals surface area (Å²) in [6.45, 7) is 2.07. The van der Waals surface area contributed by atoms with Gasteiger partial charge in [-0.1, -0.05) is 47.5 Å². The summed E-state index contributed by atoms with van der Waals surface area (Å²) in [5.74, 6) is 0.931. The Morgan fingerprint density at radius 2 is 1.24 bits per heavy atom. The van der Waals surface area contributed by atoms with Gasteiger partial charge in [0.2, 0.25) is 0 Å². The van der Waals surface area contributed by atoms with Gasteiger partial charge in [0.25, 0.3) is 0 Å². The van der Waals surface area contributed by atoms with E-state index in [2.05, 4.69) is 4.90 Å². The SMILES string of the molecule is Clc1ccc(-c2ncc(N3CCCC3)nc2-c2ccc(Cl)cc2)cc1. The fourth-order valence-corrected chi connectivity index (χ4v) is 3.36. The molecule has 0 saturated carbocycles. The fourth-order valence-electron chi connectivity index (χ4n) is 3.11. The molecule has 1 fully saturated rings. The van der Waals surface area contributed by atoms with E-state index in [-0.39, 0.29) is 0 Å².